The molecule has 0 amide bonds. The molecule has 1 N–H and O–H groups in total. The van der Waals surface area contributed by atoms with Gasteiger partial charge in [0.2, 0.25) is 0 Å². The maximum Gasteiger partial charge on any atom is 0.416 e. The molecular weight excluding hydrogens is 389 g/mol. The van der Waals surface area contributed by atoms with Crippen LogP contribution >= 0.6 is 0 Å². The summed E-state index contributed by atoms with van der Waals surface area (Å²) in [7, 11) is 0. The van der Waals surface area contributed by atoms with Crippen LogP contribution in [0.5, 0.6) is 0 Å². The molecule has 0 aliphatic heterocycles. The van der Waals surface area contributed by atoms with Gasteiger partial charge >= 0.3 is 6.18 Å². The minimum Gasteiger partial charge on any atom is -0.337 e. The van der Waals surface area contributed by atoms with Gasteiger partial charge in [0.05, 0.1) is 22.2 Å². The Morgan fingerprint density at radius 1 is 1.10 bits per heavy atom. The molecule has 4 rings (SSSR count). The molecule has 0 unspecified atom stereocenters. The number of fused-ring (bicyclic) bond motifs is 1. The van der Waals surface area contributed by atoms with Gasteiger partial charge in [-0.2, -0.15) is 18.4 Å². The zero-order valence-corrected chi connectivity index (χ0v) is 16.2. The number of imidazole rings is 1. The van der Waals surface area contributed by atoms with Crippen molar-refractivity contribution in [2.45, 2.75) is 20.0 Å². The van der Waals surface area contributed by atoms with Crippen molar-refractivity contribution in [3.63, 3.8) is 0 Å². The number of nitriles is 1. The van der Waals surface area contributed by atoms with Crippen LogP contribution in [0.15, 0.2) is 54.6 Å². The Labute approximate surface area is 170 Å². The number of aromatic nitrogens is 3. The lowest BCUT2D eigenvalue weighted by atomic mass is 10.1. The van der Waals surface area contributed by atoms with Crippen molar-refractivity contribution in [2.24, 2.45) is 0 Å². The first kappa shape index (κ1) is 19.5. The van der Waals surface area contributed by atoms with Crippen LogP contribution in [0, 0.1) is 25.2 Å². The van der Waals surface area contributed by atoms with Gasteiger partial charge in [0, 0.05) is 17.1 Å². The second kappa shape index (κ2) is 7.23. The van der Waals surface area contributed by atoms with E-state index in [-0.39, 0.29) is 0 Å². The molecule has 0 radical (unpaired) electrons. The van der Waals surface area contributed by atoms with Gasteiger partial charge in [-0.15, -0.1) is 0 Å². The van der Waals surface area contributed by atoms with Gasteiger partial charge in [-0.25, -0.2) is 4.98 Å². The van der Waals surface area contributed by atoms with Gasteiger partial charge < -0.3 is 9.55 Å². The van der Waals surface area contributed by atoms with Crippen LogP contribution in [0.2, 0.25) is 0 Å². The Kier molecular flexibility index (Phi) is 4.70. The molecule has 150 valence electrons. The third-order valence-electron chi connectivity index (χ3n) is 4.97. The van der Waals surface area contributed by atoms with Crippen LogP contribution in [0.3, 0.4) is 0 Å². The zero-order chi connectivity index (χ0) is 21.5. The van der Waals surface area contributed by atoms with Gasteiger partial charge in [0.1, 0.15) is 11.9 Å². The van der Waals surface area contributed by atoms with E-state index >= 15 is 0 Å². The fraction of sp³-hybridized carbons (Fsp3) is 0.130. The highest BCUT2D eigenvalue weighted by Gasteiger charge is 2.30. The fourth-order valence-corrected chi connectivity index (χ4v) is 3.54. The number of hydrogen-bond acceptors (Lipinski definition) is 2. The first-order valence-corrected chi connectivity index (χ1v) is 9.21. The number of allylic oxidation sites excluding steroid dienone is 1. The summed E-state index contributed by atoms with van der Waals surface area (Å²) < 4.78 is 41.1. The summed E-state index contributed by atoms with van der Waals surface area (Å²) in [6.07, 6.45) is -2.72. The fourth-order valence-electron chi connectivity index (χ4n) is 3.54. The molecule has 30 heavy (non-hydrogen) atoms. The van der Waals surface area contributed by atoms with Crippen LogP contribution in [-0.4, -0.2) is 14.5 Å². The van der Waals surface area contributed by atoms with Crippen molar-refractivity contribution >= 4 is 22.7 Å². The Morgan fingerprint density at radius 3 is 2.57 bits per heavy atom. The van der Waals surface area contributed by atoms with Crippen molar-refractivity contribution in [1.29, 1.82) is 5.26 Å². The molecule has 4 aromatic rings. The van der Waals surface area contributed by atoms with E-state index in [4.69, 9.17) is 0 Å². The Bertz CT molecular complexity index is 1280. The molecule has 0 spiro atoms. The molecule has 0 saturated heterocycles. The van der Waals surface area contributed by atoms with E-state index in [0.717, 1.165) is 40.1 Å². The van der Waals surface area contributed by atoms with Crippen LogP contribution in [-0.2, 0) is 6.18 Å². The highest BCUT2D eigenvalue weighted by atomic mass is 19.4. The molecule has 2 aromatic heterocycles. The van der Waals surface area contributed by atoms with Crippen LogP contribution in [0.25, 0.3) is 28.4 Å². The highest BCUT2D eigenvalue weighted by molar-refractivity contribution is 5.90. The number of hydrogen-bond donors (Lipinski definition) is 1. The number of H-pyrrole nitrogens is 1. The van der Waals surface area contributed by atoms with Crippen molar-refractivity contribution in [3.05, 3.63) is 82.9 Å². The SMILES string of the molecule is Cc1cc(/C=C(\C#N)c2nc3ccccc3[nH]2)c(C)n1-c1cccc(C(F)(F)F)c1. The number of alkyl halides is 3. The number of aromatic amines is 1. The molecular formula is C23H17F3N4. The Balaban J connectivity index is 1.79. The van der Waals surface area contributed by atoms with Crippen LogP contribution in [0.1, 0.15) is 28.3 Å². The van der Waals surface area contributed by atoms with E-state index in [2.05, 4.69) is 16.0 Å². The summed E-state index contributed by atoms with van der Waals surface area (Å²) in [5, 5.41) is 9.67. The molecule has 0 fully saturated rings. The quantitative estimate of drug-likeness (QED) is 0.421. The van der Waals surface area contributed by atoms with E-state index in [0.29, 0.717) is 17.1 Å². The summed E-state index contributed by atoms with van der Waals surface area (Å²) in [6, 6.07) is 16.7. The predicted octanol–water partition coefficient (Wildman–Crippen LogP) is 6.05. The van der Waals surface area contributed by atoms with E-state index < -0.39 is 11.7 Å². The third kappa shape index (κ3) is 3.48. The number of halogens is 3. The maximum atomic E-state index is 13.1. The van der Waals surface area contributed by atoms with Gasteiger partial charge in [-0.3, -0.25) is 0 Å². The molecule has 0 aliphatic carbocycles. The summed E-state index contributed by atoms with van der Waals surface area (Å²) in [5.41, 5.74) is 3.87. The summed E-state index contributed by atoms with van der Waals surface area (Å²) >= 11 is 0. The van der Waals surface area contributed by atoms with Crippen molar-refractivity contribution in [2.75, 3.05) is 0 Å². The average Bonchev–Trinajstić information content (AvgIpc) is 3.26. The largest absolute Gasteiger partial charge is 0.416 e. The first-order valence-electron chi connectivity index (χ1n) is 9.21. The maximum absolute atomic E-state index is 13.1. The van der Waals surface area contributed by atoms with Gasteiger partial charge in [0.25, 0.3) is 0 Å². The lowest BCUT2D eigenvalue weighted by molar-refractivity contribution is -0.137. The monoisotopic (exact) mass is 406 g/mol. The highest BCUT2D eigenvalue weighted by Crippen LogP contribution is 2.32. The van der Waals surface area contributed by atoms with Crippen LogP contribution < -0.4 is 0 Å². The molecule has 7 heteroatoms. The number of para-hydroxylation sites is 2. The zero-order valence-electron chi connectivity index (χ0n) is 16.2. The average molecular weight is 406 g/mol. The topological polar surface area (TPSA) is 57.4 Å². The lowest BCUT2D eigenvalue weighted by Crippen LogP contribution is -2.07. The molecule has 0 atom stereocenters. The van der Waals surface area contributed by atoms with Crippen molar-refractivity contribution in [3.8, 4) is 11.8 Å². The summed E-state index contributed by atoms with van der Waals surface area (Å²) in [4.78, 5) is 7.59. The van der Waals surface area contributed by atoms with Gasteiger partial charge in [-0.1, -0.05) is 18.2 Å². The second-order valence-electron chi connectivity index (χ2n) is 6.98. The number of rotatable bonds is 3. The van der Waals surface area contributed by atoms with Gasteiger partial charge in [0.15, 0.2) is 0 Å². The molecule has 4 nitrogen and oxygen atoms in total. The molecule has 0 aliphatic rings. The first-order chi connectivity index (χ1) is 14.3. The number of nitrogens with zero attached hydrogens (tertiary/aromatic N) is 3. The summed E-state index contributed by atoms with van der Waals surface area (Å²) in [6.45, 7) is 3.63. The Hall–Kier alpha value is -3.79. The van der Waals surface area contributed by atoms with Crippen molar-refractivity contribution in [1.82, 2.24) is 14.5 Å². The summed E-state index contributed by atoms with van der Waals surface area (Å²) in [5.74, 6) is 0.447. The number of benzene rings is 2. The predicted molar refractivity (Wildman–Crippen MR) is 110 cm³/mol. The molecule has 0 saturated carbocycles. The van der Waals surface area contributed by atoms with E-state index in [1.54, 1.807) is 16.7 Å². The van der Waals surface area contributed by atoms with Crippen molar-refractivity contribution < 1.29 is 13.2 Å². The van der Waals surface area contributed by atoms with Crippen LogP contribution in [0.4, 0.5) is 13.2 Å². The minimum atomic E-state index is -4.41. The lowest BCUT2D eigenvalue weighted by Gasteiger charge is -2.13. The normalized spacial score (nSPS) is 12.3. The van der Waals surface area contributed by atoms with E-state index in [1.165, 1.54) is 6.07 Å². The minimum absolute atomic E-state index is 0.343. The molecule has 2 heterocycles. The molecule has 0 bridgehead atoms. The molecule has 2 aromatic carbocycles. The third-order valence-corrected chi connectivity index (χ3v) is 4.97. The smallest absolute Gasteiger partial charge is 0.337 e. The van der Waals surface area contributed by atoms with E-state index in [9.17, 15) is 18.4 Å². The Morgan fingerprint density at radius 2 is 1.87 bits per heavy atom. The standard InChI is InChI=1S/C23H17F3N4/c1-14-10-16(11-17(13-27)22-28-20-8-3-4-9-21(20)29-22)15(2)30(14)19-7-5-6-18(12-19)23(24,25)26/h3-12H,1-2H3,(H,28,29)/b17-11+. The number of nitrogens with one attached hydrogen (secondary N) is 1. The number of aryl methyl sites for hydroxylation is 1. The van der Waals surface area contributed by atoms with Gasteiger partial charge in [-0.05, 0) is 61.9 Å². The second-order valence-corrected chi connectivity index (χ2v) is 6.98. The van der Waals surface area contributed by atoms with E-state index in [1.807, 2.05) is 44.2 Å².